The van der Waals surface area contributed by atoms with Crippen LogP contribution >= 0.6 is 11.6 Å². The van der Waals surface area contributed by atoms with E-state index in [4.69, 9.17) is 16.3 Å². The van der Waals surface area contributed by atoms with Gasteiger partial charge in [0, 0.05) is 26.1 Å². The molecule has 5 heteroatoms. The molecule has 4 nitrogen and oxygen atoms in total. The van der Waals surface area contributed by atoms with E-state index in [1.807, 2.05) is 18.7 Å². The highest BCUT2D eigenvalue weighted by molar-refractivity contribution is 6.31. The predicted molar refractivity (Wildman–Crippen MR) is 79.9 cm³/mol. The molecule has 1 rings (SSSR count). The molecule has 0 spiro atoms. The van der Waals surface area contributed by atoms with Gasteiger partial charge in [0.05, 0.1) is 22.5 Å². The molecule has 0 aliphatic rings. The second kappa shape index (κ2) is 7.88. The van der Waals surface area contributed by atoms with Gasteiger partial charge in [-0.3, -0.25) is 4.68 Å². The minimum absolute atomic E-state index is 0.154. The summed E-state index contributed by atoms with van der Waals surface area (Å²) in [5.74, 6) is 0. The Hall–Kier alpha value is -0.580. The van der Waals surface area contributed by atoms with Crippen molar-refractivity contribution < 1.29 is 4.74 Å². The zero-order valence-electron chi connectivity index (χ0n) is 12.7. The molecule has 1 N–H and O–H groups in total. The van der Waals surface area contributed by atoms with Crippen molar-refractivity contribution in [2.75, 3.05) is 13.2 Å². The van der Waals surface area contributed by atoms with Crippen molar-refractivity contribution in [3.05, 3.63) is 16.4 Å². The van der Waals surface area contributed by atoms with Crippen molar-refractivity contribution in [3.8, 4) is 0 Å². The number of nitrogens with zero attached hydrogens (tertiary/aromatic N) is 2. The molecule has 0 aromatic carbocycles. The van der Waals surface area contributed by atoms with Gasteiger partial charge in [0.1, 0.15) is 0 Å². The number of aryl methyl sites for hydroxylation is 2. The van der Waals surface area contributed by atoms with Gasteiger partial charge in [0.25, 0.3) is 0 Å². The molecule has 0 aliphatic carbocycles. The quantitative estimate of drug-likeness (QED) is 0.799. The van der Waals surface area contributed by atoms with Crippen LogP contribution in [0.4, 0.5) is 0 Å². The van der Waals surface area contributed by atoms with Gasteiger partial charge in [-0.25, -0.2) is 0 Å². The second-order valence-electron chi connectivity index (χ2n) is 4.71. The summed E-state index contributed by atoms with van der Waals surface area (Å²) >= 11 is 6.40. The standard InChI is InChI=1S/C14H26ClN3O/c1-6-11-14(15)13(18(5)17-11)9-12(16-7-2)10(4)19-8-3/h10,12,16H,6-9H2,1-5H3. The summed E-state index contributed by atoms with van der Waals surface area (Å²) in [7, 11) is 1.95. The van der Waals surface area contributed by atoms with E-state index in [1.54, 1.807) is 0 Å². The van der Waals surface area contributed by atoms with Crippen LogP contribution in [0.2, 0.25) is 5.02 Å². The topological polar surface area (TPSA) is 39.1 Å². The van der Waals surface area contributed by atoms with E-state index in [0.29, 0.717) is 0 Å². The Labute approximate surface area is 121 Å². The lowest BCUT2D eigenvalue weighted by molar-refractivity contribution is 0.0476. The van der Waals surface area contributed by atoms with Crippen molar-refractivity contribution in [1.29, 1.82) is 0 Å². The van der Waals surface area contributed by atoms with Gasteiger partial charge in [0.15, 0.2) is 0 Å². The summed E-state index contributed by atoms with van der Waals surface area (Å²) in [6, 6.07) is 0.252. The molecule has 0 fully saturated rings. The maximum absolute atomic E-state index is 6.40. The fourth-order valence-corrected chi connectivity index (χ4v) is 2.67. The number of nitrogens with one attached hydrogen (secondary N) is 1. The Morgan fingerprint density at radius 1 is 1.37 bits per heavy atom. The van der Waals surface area contributed by atoms with E-state index >= 15 is 0 Å². The molecule has 19 heavy (non-hydrogen) atoms. The highest BCUT2D eigenvalue weighted by Crippen LogP contribution is 2.23. The first-order valence-electron chi connectivity index (χ1n) is 7.10. The first-order valence-corrected chi connectivity index (χ1v) is 7.48. The average Bonchev–Trinajstić information content (AvgIpc) is 2.65. The Morgan fingerprint density at radius 2 is 2.05 bits per heavy atom. The van der Waals surface area contributed by atoms with Crippen LogP contribution in [-0.2, 0) is 24.6 Å². The van der Waals surface area contributed by atoms with Crippen molar-refractivity contribution in [2.24, 2.45) is 7.05 Å². The number of hydrogen-bond acceptors (Lipinski definition) is 3. The maximum atomic E-state index is 6.40. The smallest absolute Gasteiger partial charge is 0.0850 e. The molecule has 110 valence electrons. The summed E-state index contributed by atoms with van der Waals surface area (Å²) in [6.07, 6.45) is 1.85. The summed E-state index contributed by atoms with van der Waals surface area (Å²) in [6.45, 7) is 9.94. The van der Waals surface area contributed by atoms with Gasteiger partial charge >= 0.3 is 0 Å². The van der Waals surface area contributed by atoms with Crippen LogP contribution in [0.25, 0.3) is 0 Å². The van der Waals surface area contributed by atoms with Crippen LogP contribution in [0.5, 0.6) is 0 Å². The minimum Gasteiger partial charge on any atom is -0.377 e. The lowest BCUT2D eigenvalue weighted by Gasteiger charge is -2.24. The molecule has 1 aromatic heterocycles. The van der Waals surface area contributed by atoms with Crippen molar-refractivity contribution in [3.63, 3.8) is 0 Å². The maximum Gasteiger partial charge on any atom is 0.0850 e. The van der Waals surface area contributed by atoms with Gasteiger partial charge < -0.3 is 10.1 Å². The molecule has 0 aliphatic heterocycles. The third-order valence-corrected chi connectivity index (χ3v) is 3.82. The molecule has 1 aromatic rings. The first kappa shape index (κ1) is 16.5. The molecular formula is C14H26ClN3O. The predicted octanol–water partition coefficient (Wildman–Crippen LogP) is 2.58. The molecule has 2 unspecified atom stereocenters. The summed E-state index contributed by atoms with van der Waals surface area (Å²) in [5, 5.41) is 8.74. The normalized spacial score (nSPS) is 14.6. The summed E-state index contributed by atoms with van der Waals surface area (Å²) in [5.41, 5.74) is 2.05. The van der Waals surface area contributed by atoms with Crippen LogP contribution in [0.3, 0.4) is 0 Å². The van der Waals surface area contributed by atoms with E-state index < -0.39 is 0 Å². The van der Waals surface area contributed by atoms with Crippen molar-refractivity contribution >= 4 is 11.6 Å². The lowest BCUT2D eigenvalue weighted by atomic mass is 10.1. The van der Waals surface area contributed by atoms with Gasteiger partial charge in [-0.05, 0) is 26.8 Å². The minimum atomic E-state index is 0.154. The van der Waals surface area contributed by atoms with Crippen LogP contribution in [-0.4, -0.2) is 35.1 Å². The van der Waals surface area contributed by atoms with Crippen molar-refractivity contribution in [2.45, 2.75) is 52.7 Å². The van der Waals surface area contributed by atoms with E-state index in [-0.39, 0.29) is 12.1 Å². The lowest BCUT2D eigenvalue weighted by Crippen LogP contribution is -2.42. The number of rotatable bonds is 8. The molecule has 0 saturated heterocycles. The largest absolute Gasteiger partial charge is 0.377 e. The fraction of sp³-hybridized carbons (Fsp3) is 0.786. The third kappa shape index (κ3) is 4.20. The highest BCUT2D eigenvalue weighted by atomic mass is 35.5. The van der Waals surface area contributed by atoms with Gasteiger partial charge in [-0.1, -0.05) is 25.4 Å². The third-order valence-electron chi connectivity index (χ3n) is 3.38. The first-order chi connectivity index (χ1) is 9.04. The molecule has 0 bridgehead atoms. The zero-order chi connectivity index (χ0) is 14.4. The highest BCUT2D eigenvalue weighted by Gasteiger charge is 2.22. The number of aromatic nitrogens is 2. The second-order valence-corrected chi connectivity index (χ2v) is 5.09. The number of ether oxygens (including phenoxy) is 1. The van der Waals surface area contributed by atoms with E-state index in [1.165, 1.54) is 0 Å². The van der Waals surface area contributed by atoms with Crippen LogP contribution in [0.1, 0.15) is 39.1 Å². The van der Waals surface area contributed by atoms with Gasteiger partial charge in [-0.2, -0.15) is 5.10 Å². The van der Waals surface area contributed by atoms with E-state index in [0.717, 1.165) is 42.4 Å². The van der Waals surface area contributed by atoms with Crippen molar-refractivity contribution in [1.82, 2.24) is 15.1 Å². The molecule has 0 saturated carbocycles. The van der Waals surface area contributed by atoms with E-state index in [2.05, 4.69) is 31.2 Å². The Balaban J connectivity index is 2.86. The van der Waals surface area contributed by atoms with Crippen LogP contribution in [0.15, 0.2) is 0 Å². The SMILES string of the molecule is CCNC(Cc1c(Cl)c(CC)nn1C)C(C)OCC. The van der Waals surface area contributed by atoms with Crippen LogP contribution in [0, 0.1) is 0 Å². The molecular weight excluding hydrogens is 262 g/mol. The Morgan fingerprint density at radius 3 is 2.53 bits per heavy atom. The monoisotopic (exact) mass is 287 g/mol. The summed E-state index contributed by atoms with van der Waals surface area (Å²) in [4.78, 5) is 0. The molecule has 0 radical (unpaired) electrons. The molecule has 1 heterocycles. The van der Waals surface area contributed by atoms with Gasteiger partial charge in [-0.15, -0.1) is 0 Å². The molecule has 0 amide bonds. The zero-order valence-corrected chi connectivity index (χ0v) is 13.4. The summed E-state index contributed by atoms with van der Waals surface area (Å²) < 4.78 is 7.60. The number of likely N-dealkylation sites (N-methyl/N-ethyl adjacent to an activating group) is 1. The fourth-order valence-electron chi connectivity index (χ4n) is 2.30. The Bertz CT molecular complexity index is 392. The van der Waals surface area contributed by atoms with Gasteiger partial charge in [0.2, 0.25) is 0 Å². The number of hydrogen-bond donors (Lipinski definition) is 1. The Kier molecular flexibility index (Phi) is 6.83. The molecule has 2 atom stereocenters. The average molecular weight is 288 g/mol. The number of halogens is 1. The van der Waals surface area contributed by atoms with E-state index in [9.17, 15) is 0 Å². The van der Waals surface area contributed by atoms with Crippen LogP contribution < -0.4 is 5.32 Å².